The highest BCUT2D eigenvalue weighted by Gasteiger charge is 2.22. The molecule has 1 fully saturated rings. The molecule has 7 heteroatoms. The van der Waals surface area contributed by atoms with Gasteiger partial charge < -0.3 is 14.5 Å². The van der Waals surface area contributed by atoms with E-state index in [4.69, 9.17) is 16.3 Å². The molecule has 2 aromatic rings. The third-order valence-electron chi connectivity index (χ3n) is 4.93. The molecule has 0 bridgehead atoms. The molecule has 0 atom stereocenters. The predicted octanol–water partition coefficient (Wildman–Crippen LogP) is 4.66. The molecule has 1 aliphatic heterocycles. The van der Waals surface area contributed by atoms with E-state index in [1.54, 1.807) is 6.20 Å². The van der Waals surface area contributed by atoms with Crippen LogP contribution in [0, 0.1) is 6.92 Å². The van der Waals surface area contributed by atoms with E-state index in [0.717, 1.165) is 45.3 Å². The number of hydrogen-bond acceptors (Lipinski definition) is 4. The highest BCUT2D eigenvalue weighted by molar-refractivity contribution is 9.10. The van der Waals surface area contributed by atoms with Crippen molar-refractivity contribution in [3.05, 3.63) is 51.1 Å². The van der Waals surface area contributed by atoms with Crippen molar-refractivity contribution in [3.8, 4) is 5.75 Å². The number of piperazine rings is 1. The number of ether oxygens (including phenoxy) is 1. The summed E-state index contributed by atoms with van der Waals surface area (Å²) in [6, 6.07) is 7.82. The van der Waals surface area contributed by atoms with Crippen molar-refractivity contribution in [1.29, 1.82) is 0 Å². The Labute approximate surface area is 179 Å². The third kappa shape index (κ3) is 4.97. The molecule has 1 amide bonds. The number of carbonyl (C=O) groups is 1. The van der Waals surface area contributed by atoms with Crippen LogP contribution >= 0.6 is 27.5 Å². The molecule has 2 heterocycles. The van der Waals surface area contributed by atoms with E-state index < -0.39 is 0 Å². The van der Waals surface area contributed by atoms with Gasteiger partial charge in [-0.3, -0.25) is 4.79 Å². The van der Waals surface area contributed by atoms with Crippen LogP contribution in [0.2, 0.25) is 5.02 Å². The minimum absolute atomic E-state index is 0.00530. The van der Waals surface area contributed by atoms with Gasteiger partial charge in [-0.1, -0.05) is 25.4 Å². The van der Waals surface area contributed by atoms with Crippen molar-refractivity contribution in [1.82, 2.24) is 9.88 Å². The zero-order valence-electron chi connectivity index (χ0n) is 16.4. The summed E-state index contributed by atoms with van der Waals surface area (Å²) in [7, 11) is 0. The Morgan fingerprint density at radius 2 is 1.96 bits per heavy atom. The minimum Gasteiger partial charge on any atom is -0.483 e. The van der Waals surface area contributed by atoms with Gasteiger partial charge in [0.05, 0.1) is 0 Å². The summed E-state index contributed by atoms with van der Waals surface area (Å²) in [5.74, 6) is 1.95. The van der Waals surface area contributed by atoms with E-state index in [9.17, 15) is 4.79 Å². The molecule has 0 spiro atoms. The van der Waals surface area contributed by atoms with E-state index in [2.05, 4.69) is 39.7 Å². The summed E-state index contributed by atoms with van der Waals surface area (Å²) in [5.41, 5.74) is 1.97. The fourth-order valence-corrected chi connectivity index (χ4v) is 3.62. The number of amides is 1. The lowest BCUT2D eigenvalue weighted by Gasteiger charge is -2.35. The van der Waals surface area contributed by atoms with Gasteiger partial charge in [-0.25, -0.2) is 4.98 Å². The lowest BCUT2D eigenvalue weighted by molar-refractivity contribution is -0.133. The molecule has 3 rings (SSSR count). The van der Waals surface area contributed by atoms with Crippen LogP contribution in [-0.4, -0.2) is 48.6 Å². The molecule has 0 saturated carbocycles. The second-order valence-corrected chi connectivity index (χ2v) is 8.61. The summed E-state index contributed by atoms with van der Waals surface area (Å²) >= 11 is 9.65. The summed E-state index contributed by atoms with van der Waals surface area (Å²) in [5, 5.41) is 0.722. The summed E-state index contributed by atoms with van der Waals surface area (Å²) in [6.07, 6.45) is 1.79. The zero-order chi connectivity index (χ0) is 20.3. The topological polar surface area (TPSA) is 45.7 Å². The molecule has 1 aromatic carbocycles. The van der Waals surface area contributed by atoms with Crippen molar-refractivity contribution < 1.29 is 9.53 Å². The van der Waals surface area contributed by atoms with Gasteiger partial charge in [0.1, 0.15) is 11.6 Å². The van der Waals surface area contributed by atoms with Gasteiger partial charge in [0.15, 0.2) is 6.61 Å². The van der Waals surface area contributed by atoms with Crippen molar-refractivity contribution in [3.63, 3.8) is 0 Å². The Morgan fingerprint density at radius 3 is 2.57 bits per heavy atom. The molecule has 0 N–H and O–H groups in total. The molecule has 1 saturated heterocycles. The van der Waals surface area contributed by atoms with Gasteiger partial charge in [0.2, 0.25) is 0 Å². The first-order valence-corrected chi connectivity index (χ1v) is 10.6. The first-order valence-electron chi connectivity index (χ1n) is 9.42. The lowest BCUT2D eigenvalue weighted by atomic mass is 10.0. The summed E-state index contributed by atoms with van der Waals surface area (Å²) < 4.78 is 6.85. The fraction of sp³-hybridized carbons (Fsp3) is 0.429. The summed E-state index contributed by atoms with van der Waals surface area (Å²) in [4.78, 5) is 21.1. The number of carbonyl (C=O) groups excluding carboxylic acids is 1. The van der Waals surface area contributed by atoms with Crippen molar-refractivity contribution in [2.45, 2.75) is 26.7 Å². The maximum absolute atomic E-state index is 12.6. The van der Waals surface area contributed by atoms with Crippen LogP contribution in [-0.2, 0) is 4.79 Å². The normalized spacial score (nSPS) is 14.5. The Bertz CT molecular complexity index is 834. The molecule has 150 valence electrons. The Kier molecular flexibility index (Phi) is 6.83. The average molecular weight is 467 g/mol. The van der Waals surface area contributed by atoms with Gasteiger partial charge in [-0.15, -0.1) is 0 Å². The Hall–Kier alpha value is -1.79. The number of anilines is 1. The van der Waals surface area contributed by atoms with Crippen LogP contribution in [0.1, 0.15) is 30.9 Å². The number of benzene rings is 1. The fourth-order valence-electron chi connectivity index (χ4n) is 3.22. The third-order valence-corrected chi connectivity index (χ3v) is 5.81. The largest absolute Gasteiger partial charge is 0.483 e. The maximum Gasteiger partial charge on any atom is 0.260 e. The molecule has 0 radical (unpaired) electrons. The molecule has 28 heavy (non-hydrogen) atoms. The number of hydrogen-bond donors (Lipinski definition) is 0. The first-order chi connectivity index (χ1) is 13.3. The summed E-state index contributed by atoms with van der Waals surface area (Å²) in [6.45, 7) is 9.01. The van der Waals surface area contributed by atoms with Gasteiger partial charge in [-0.2, -0.15) is 0 Å². The second-order valence-electron chi connectivity index (χ2n) is 7.29. The van der Waals surface area contributed by atoms with Crippen LogP contribution in [0.15, 0.2) is 34.9 Å². The van der Waals surface area contributed by atoms with Crippen LogP contribution in [0.25, 0.3) is 0 Å². The van der Waals surface area contributed by atoms with E-state index in [-0.39, 0.29) is 18.4 Å². The van der Waals surface area contributed by atoms with Crippen molar-refractivity contribution in [2.75, 3.05) is 37.7 Å². The van der Waals surface area contributed by atoms with Crippen LogP contribution < -0.4 is 9.64 Å². The highest BCUT2D eigenvalue weighted by Crippen LogP contribution is 2.32. The van der Waals surface area contributed by atoms with Crippen molar-refractivity contribution >= 4 is 39.3 Å². The quantitative estimate of drug-likeness (QED) is 0.643. The van der Waals surface area contributed by atoms with Crippen LogP contribution in [0.3, 0.4) is 0 Å². The Morgan fingerprint density at radius 1 is 1.25 bits per heavy atom. The number of nitrogens with zero attached hydrogens (tertiary/aromatic N) is 3. The van der Waals surface area contributed by atoms with Crippen molar-refractivity contribution in [2.24, 2.45) is 0 Å². The lowest BCUT2D eigenvalue weighted by Crippen LogP contribution is -2.50. The minimum atomic E-state index is 0.00530. The van der Waals surface area contributed by atoms with E-state index in [1.165, 1.54) is 0 Å². The Balaban J connectivity index is 1.57. The number of rotatable bonds is 5. The van der Waals surface area contributed by atoms with Gasteiger partial charge in [0.25, 0.3) is 5.91 Å². The first kappa shape index (κ1) is 20.9. The predicted molar refractivity (Wildman–Crippen MR) is 117 cm³/mol. The van der Waals surface area contributed by atoms with E-state index in [0.29, 0.717) is 13.1 Å². The van der Waals surface area contributed by atoms with Gasteiger partial charge in [-0.05, 0) is 64.2 Å². The second kappa shape index (κ2) is 9.14. The molecule has 0 aliphatic carbocycles. The molecule has 5 nitrogen and oxygen atoms in total. The van der Waals surface area contributed by atoms with E-state index >= 15 is 0 Å². The monoisotopic (exact) mass is 465 g/mol. The molecular weight excluding hydrogens is 442 g/mol. The maximum atomic E-state index is 12.6. The molecule has 1 aliphatic rings. The average Bonchev–Trinajstić information content (AvgIpc) is 2.69. The number of pyridine rings is 1. The van der Waals surface area contributed by atoms with Gasteiger partial charge in [0, 0.05) is 41.9 Å². The van der Waals surface area contributed by atoms with Gasteiger partial charge >= 0.3 is 0 Å². The smallest absolute Gasteiger partial charge is 0.260 e. The number of aromatic nitrogens is 1. The standard InChI is InChI=1S/C21H25BrClN3O2/c1-14(2)17-11-18(23)15(3)10-19(17)28-13-21(27)26-8-6-25(7-9-26)20-5-4-16(22)12-24-20/h4-5,10-12,14H,6-9,13H2,1-3H3. The molecular formula is C21H25BrClN3O2. The number of aryl methyl sites for hydroxylation is 1. The number of halogens is 2. The molecule has 1 aromatic heterocycles. The van der Waals surface area contributed by atoms with Crippen LogP contribution in [0.5, 0.6) is 5.75 Å². The molecule has 0 unspecified atom stereocenters. The highest BCUT2D eigenvalue weighted by atomic mass is 79.9. The SMILES string of the molecule is Cc1cc(OCC(=O)N2CCN(c3ccc(Br)cn3)CC2)c(C(C)C)cc1Cl. The van der Waals surface area contributed by atoms with E-state index in [1.807, 2.05) is 36.1 Å². The zero-order valence-corrected chi connectivity index (χ0v) is 18.8. The van der Waals surface area contributed by atoms with Crippen LogP contribution in [0.4, 0.5) is 5.82 Å².